The molecule has 4 heteroatoms. The van der Waals surface area contributed by atoms with E-state index in [-0.39, 0.29) is 11.8 Å². The Bertz CT molecular complexity index is 508. The monoisotopic (exact) mass is 304 g/mol. The van der Waals surface area contributed by atoms with E-state index in [4.69, 9.17) is 0 Å². The van der Waals surface area contributed by atoms with E-state index < -0.39 is 11.8 Å². The van der Waals surface area contributed by atoms with Crippen molar-refractivity contribution in [1.82, 2.24) is 5.32 Å². The molecule has 1 aromatic carbocycles. The average Bonchev–Trinajstić information content (AvgIpc) is 2.44. The fourth-order valence-electron chi connectivity index (χ4n) is 2.24. The minimum absolute atomic E-state index is 0.271. The maximum absolute atomic E-state index is 12.2. The summed E-state index contributed by atoms with van der Waals surface area (Å²) in [6.45, 7) is 12.8. The molecule has 0 heterocycles. The Balaban J connectivity index is 3.00. The molecule has 0 radical (unpaired) electrons. The summed E-state index contributed by atoms with van der Waals surface area (Å²) < 4.78 is 0. The summed E-state index contributed by atoms with van der Waals surface area (Å²) in [7, 11) is 0. The zero-order valence-corrected chi connectivity index (χ0v) is 14.5. The molecular formula is C18H28N2O2. The lowest BCUT2D eigenvalue weighted by molar-refractivity contribution is -0.136. The Kier molecular flexibility index (Phi) is 6.60. The molecule has 0 saturated carbocycles. The first-order valence-corrected chi connectivity index (χ1v) is 7.96. The Morgan fingerprint density at radius 3 is 1.82 bits per heavy atom. The van der Waals surface area contributed by atoms with Crippen molar-refractivity contribution in [2.45, 2.75) is 53.4 Å². The molecule has 122 valence electrons. The largest absolute Gasteiger partial charge is 0.348 e. The number of hydrogen-bond donors (Lipinski definition) is 2. The van der Waals surface area contributed by atoms with Crippen LogP contribution in [0.15, 0.2) is 18.2 Å². The second-order valence-electron chi connectivity index (χ2n) is 6.68. The van der Waals surface area contributed by atoms with Crippen molar-refractivity contribution in [3.05, 3.63) is 29.3 Å². The van der Waals surface area contributed by atoms with Crippen molar-refractivity contribution in [3.8, 4) is 0 Å². The summed E-state index contributed by atoms with van der Waals surface area (Å²) >= 11 is 0. The normalized spacial score (nSPS) is 11.1. The van der Waals surface area contributed by atoms with E-state index in [1.165, 1.54) is 0 Å². The molecule has 0 bridgehead atoms. The second-order valence-corrected chi connectivity index (χ2v) is 6.68. The van der Waals surface area contributed by atoms with Gasteiger partial charge >= 0.3 is 11.8 Å². The first-order chi connectivity index (χ1) is 10.2. The van der Waals surface area contributed by atoms with Crippen molar-refractivity contribution in [3.63, 3.8) is 0 Å². The highest BCUT2D eigenvalue weighted by Crippen LogP contribution is 2.32. The average molecular weight is 304 g/mol. The Morgan fingerprint density at radius 2 is 1.41 bits per heavy atom. The number of nitrogens with one attached hydrogen (secondary N) is 2. The molecule has 2 amide bonds. The zero-order valence-electron chi connectivity index (χ0n) is 14.5. The first kappa shape index (κ1) is 18.2. The van der Waals surface area contributed by atoms with E-state index in [1.807, 2.05) is 32.0 Å². The fraction of sp³-hybridized carbons (Fsp3) is 0.556. The zero-order chi connectivity index (χ0) is 16.9. The van der Waals surface area contributed by atoms with Gasteiger partial charge in [-0.2, -0.15) is 0 Å². The van der Waals surface area contributed by atoms with Crippen LogP contribution in [0, 0.1) is 5.92 Å². The molecule has 0 fully saturated rings. The molecule has 0 unspecified atom stereocenters. The van der Waals surface area contributed by atoms with Gasteiger partial charge in [0.1, 0.15) is 0 Å². The van der Waals surface area contributed by atoms with E-state index >= 15 is 0 Å². The van der Waals surface area contributed by atoms with Gasteiger partial charge in [0, 0.05) is 12.2 Å². The smallest absolute Gasteiger partial charge is 0.313 e. The summed E-state index contributed by atoms with van der Waals surface area (Å²) in [6, 6.07) is 6.00. The van der Waals surface area contributed by atoms with Crippen LogP contribution in [-0.2, 0) is 9.59 Å². The molecule has 0 saturated heterocycles. The Hall–Kier alpha value is -1.84. The molecule has 0 aromatic heterocycles. The number of para-hydroxylation sites is 1. The van der Waals surface area contributed by atoms with Crippen molar-refractivity contribution in [2.75, 3.05) is 11.9 Å². The number of benzene rings is 1. The lowest BCUT2D eigenvalue weighted by Gasteiger charge is -2.20. The SMILES string of the molecule is CC(C)CNC(=O)C(=O)Nc1c(C(C)C)cccc1C(C)C. The number of rotatable bonds is 5. The van der Waals surface area contributed by atoms with E-state index in [0.29, 0.717) is 12.5 Å². The summed E-state index contributed by atoms with van der Waals surface area (Å²) in [5.41, 5.74) is 2.88. The third-order valence-corrected chi connectivity index (χ3v) is 3.49. The molecule has 1 rings (SSSR count). The number of carbonyl (C=O) groups is 2. The van der Waals surface area contributed by atoms with Crippen LogP contribution in [0.5, 0.6) is 0 Å². The van der Waals surface area contributed by atoms with Crippen LogP contribution in [0.25, 0.3) is 0 Å². The molecule has 0 spiro atoms. The number of carbonyl (C=O) groups excluding carboxylic acids is 2. The second kappa shape index (κ2) is 7.97. The van der Waals surface area contributed by atoms with Crippen LogP contribution in [0.4, 0.5) is 5.69 Å². The van der Waals surface area contributed by atoms with E-state index in [0.717, 1.165) is 16.8 Å². The van der Waals surface area contributed by atoms with E-state index in [9.17, 15) is 9.59 Å². The van der Waals surface area contributed by atoms with E-state index in [1.54, 1.807) is 0 Å². The van der Waals surface area contributed by atoms with Crippen LogP contribution in [-0.4, -0.2) is 18.4 Å². The standard InChI is InChI=1S/C18H28N2O2/c1-11(2)10-19-17(21)18(22)20-16-14(12(3)4)8-7-9-15(16)13(5)6/h7-9,11-13H,10H2,1-6H3,(H,19,21)(H,20,22). The summed E-state index contributed by atoms with van der Waals surface area (Å²) in [5.74, 6) is -0.330. The molecule has 0 aliphatic heterocycles. The lowest BCUT2D eigenvalue weighted by atomic mass is 9.92. The van der Waals surface area contributed by atoms with Gasteiger partial charge in [-0.05, 0) is 28.9 Å². The highest BCUT2D eigenvalue weighted by molar-refractivity contribution is 6.39. The van der Waals surface area contributed by atoms with Gasteiger partial charge in [0.05, 0.1) is 0 Å². The molecule has 22 heavy (non-hydrogen) atoms. The van der Waals surface area contributed by atoms with Gasteiger partial charge in [0.15, 0.2) is 0 Å². The van der Waals surface area contributed by atoms with Crippen LogP contribution >= 0.6 is 0 Å². The van der Waals surface area contributed by atoms with Crippen molar-refractivity contribution < 1.29 is 9.59 Å². The lowest BCUT2D eigenvalue weighted by Crippen LogP contribution is -2.37. The quantitative estimate of drug-likeness (QED) is 0.816. The van der Waals surface area contributed by atoms with Gasteiger partial charge < -0.3 is 10.6 Å². The molecule has 0 aliphatic carbocycles. The number of hydrogen-bond acceptors (Lipinski definition) is 2. The predicted molar refractivity (Wildman–Crippen MR) is 91.1 cm³/mol. The molecule has 0 aliphatic rings. The summed E-state index contributed by atoms with van der Waals surface area (Å²) in [5, 5.41) is 5.46. The third kappa shape index (κ3) is 4.86. The number of anilines is 1. The van der Waals surface area contributed by atoms with Gasteiger partial charge in [0.2, 0.25) is 0 Å². The summed E-state index contributed by atoms with van der Waals surface area (Å²) in [4.78, 5) is 24.0. The van der Waals surface area contributed by atoms with Gasteiger partial charge in [-0.1, -0.05) is 59.7 Å². The van der Waals surface area contributed by atoms with Crippen molar-refractivity contribution >= 4 is 17.5 Å². The molecule has 2 N–H and O–H groups in total. The highest BCUT2D eigenvalue weighted by Gasteiger charge is 2.19. The van der Waals surface area contributed by atoms with Gasteiger partial charge in [-0.25, -0.2) is 0 Å². The minimum Gasteiger partial charge on any atom is -0.348 e. The Morgan fingerprint density at radius 1 is 0.909 bits per heavy atom. The fourth-order valence-corrected chi connectivity index (χ4v) is 2.24. The third-order valence-electron chi connectivity index (χ3n) is 3.49. The van der Waals surface area contributed by atoms with Gasteiger partial charge in [-0.15, -0.1) is 0 Å². The first-order valence-electron chi connectivity index (χ1n) is 7.96. The molecule has 4 nitrogen and oxygen atoms in total. The maximum atomic E-state index is 12.2. The predicted octanol–water partition coefficient (Wildman–Crippen LogP) is 3.64. The molecule has 0 atom stereocenters. The van der Waals surface area contributed by atoms with Crippen molar-refractivity contribution in [2.24, 2.45) is 5.92 Å². The minimum atomic E-state index is -0.601. The van der Waals surface area contributed by atoms with Gasteiger partial charge in [-0.3, -0.25) is 9.59 Å². The topological polar surface area (TPSA) is 58.2 Å². The van der Waals surface area contributed by atoms with E-state index in [2.05, 4.69) is 38.3 Å². The Labute approximate surface area is 133 Å². The maximum Gasteiger partial charge on any atom is 0.313 e. The van der Waals surface area contributed by atoms with Crippen LogP contribution in [0.1, 0.15) is 64.5 Å². The van der Waals surface area contributed by atoms with Crippen LogP contribution in [0.2, 0.25) is 0 Å². The molecular weight excluding hydrogens is 276 g/mol. The summed E-state index contributed by atoms with van der Waals surface area (Å²) in [6.07, 6.45) is 0. The van der Waals surface area contributed by atoms with Crippen molar-refractivity contribution in [1.29, 1.82) is 0 Å². The highest BCUT2D eigenvalue weighted by atomic mass is 16.2. The number of amides is 2. The van der Waals surface area contributed by atoms with Gasteiger partial charge in [0.25, 0.3) is 0 Å². The van der Waals surface area contributed by atoms with Crippen LogP contribution < -0.4 is 10.6 Å². The van der Waals surface area contributed by atoms with Crippen LogP contribution in [0.3, 0.4) is 0 Å². The molecule has 1 aromatic rings.